The number of anilines is 3. The van der Waals surface area contributed by atoms with Crippen LogP contribution in [0.1, 0.15) is 397 Å². The molecule has 0 aliphatic heterocycles. The largest absolute Gasteiger partial charge is 0.310 e. The lowest BCUT2D eigenvalue weighted by molar-refractivity contribution is 0.397. The molecule has 0 amide bonds. The summed E-state index contributed by atoms with van der Waals surface area (Å²) in [5, 5.41) is 2.72. The summed E-state index contributed by atoms with van der Waals surface area (Å²) < 4.78 is 5.08. The standard InChI is InChI=1S/C107H144Br2N2/c1-13-19-25-31-37-43-65-105(66-44-38-32-26-20-14-2)95-73-81(108)51-57-87(95)89-59-53-83(75-97(89)105)110(84-54-60-90-88-58-52-82(109)74-96(88)106(98(90)76-84,67-45-39-33-27-21-15-3)68-46-40-34-28-22-16-4)85-55-61-91-92-62-56-86(78-100(92)107(99(91)77-85,69-47-41-35-29-23-17-5)70-48-42-36-30-24-18-6)111-101-63-49-79(103(7,8)9)71-93(101)94-72-80(104(10,11)12)50-64-102(94)111/h49-64,71-78H,13-48,65-70H2,1-12H3. The van der Waals surface area contributed by atoms with Crippen LogP contribution in [0.3, 0.4) is 0 Å². The fraction of sp³-hybridized carbons (Fsp3) is 0.551. The molecule has 0 bridgehead atoms. The number of unbranched alkanes of at least 4 members (excludes halogenated alkanes) is 30. The second kappa shape index (κ2) is 39.3. The van der Waals surface area contributed by atoms with Crippen LogP contribution in [0.25, 0.3) is 60.9 Å². The molecule has 0 atom stereocenters. The Morgan fingerprint density at radius 1 is 0.261 bits per heavy atom. The maximum absolute atomic E-state index is 4.13. The van der Waals surface area contributed by atoms with Crippen LogP contribution in [0, 0.1) is 0 Å². The van der Waals surface area contributed by atoms with Gasteiger partial charge in [-0.15, -0.1) is 0 Å². The monoisotopic (exact) mass is 1610 g/mol. The Balaban J connectivity index is 1.09. The summed E-state index contributed by atoms with van der Waals surface area (Å²) >= 11 is 8.26. The average molecular weight is 1620 g/mol. The summed E-state index contributed by atoms with van der Waals surface area (Å²) in [5.41, 5.74) is 28.3. The highest BCUT2D eigenvalue weighted by molar-refractivity contribution is 9.10. The van der Waals surface area contributed by atoms with E-state index in [1.807, 2.05) is 0 Å². The van der Waals surface area contributed by atoms with Crippen molar-refractivity contribution in [2.45, 2.75) is 380 Å². The van der Waals surface area contributed by atoms with Crippen molar-refractivity contribution in [3.05, 3.63) is 199 Å². The van der Waals surface area contributed by atoms with Crippen molar-refractivity contribution in [1.82, 2.24) is 4.57 Å². The zero-order valence-electron chi connectivity index (χ0n) is 71.7. The molecule has 111 heavy (non-hydrogen) atoms. The second-order valence-corrected chi connectivity index (χ2v) is 39.1. The summed E-state index contributed by atoms with van der Waals surface area (Å²) in [5.74, 6) is 0. The fourth-order valence-corrected chi connectivity index (χ4v) is 21.6. The van der Waals surface area contributed by atoms with E-state index in [0.29, 0.717) is 0 Å². The van der Waals surface area contributed by atoms with Gasteiger partial charge >= 0.3 is 0 Å². The van der Waals surface area contributed by atoms with Crippen molar-refractivity contribution in [3.8, 4) is 39.1 Å². The highest BCUT2D eigenvalue weighted by Gasteiger charge is 2.47. The normalized spacial score (nSPS) is 14.3. The van der Waals surface area contributed by atoms with Gasteiger partial charge in [0.2, 0.25) is 0 Å². The second-order valence-electron chi connectivity index (χ2n) is 37.3. The van der Waals surface area contributed by atoms with Crippen molar-refractivity contribution in [2.75, 3.05) is 4.90 Å². The number of aromatic nitrogens is 1. The molecule has 0 saturated heterocycles. The first-order valence-electron chi connectivity index (χ1n) is 46.0. The fourth-order valence-electron chi connectivity index (χ4n) is 20.9. The average Bonchev–Trinajstić information content (AvgIpc) is 1.60. The molecule has 0 fully saturated rings. The van der Waals surface area contributed by atoms with E-state index < -0.39 is 0 Å². The third kappa shape index (κ3) is 18.9. The number of halogens is 2. The van der Waals surface area contributed by atoms with Crippen molar-refractivity contribution >= 4 is 70.7 Å². The third-order valence-electron chi connectivity index (χ3n) is 27.2. The Morgan fingerprint density at radius 3 is 0.784 bits per heavy atom. The van der Waals surface area contributed by atoms with E-state index in [2.05, 4.69) is 270 Å². The third-order valence-corrected chi connectivity index (χ3v) is 28.2. The molecule has 596 valence electrons. The molecule has 0 radical (unpaired) electrons. The van der Waals surface area contributed by atoms with E-state index in [-0.39, 0.29) is 27.1 Å². The molecular formula is C107H144Br2N2. The topological polar surface area (TPSA) is 8.17 Å². The molecule has 1 aromatic heterocycles. The first kappa shape index (κ1) is 84.7. The molecule has 9 aromatic rings. The van der Waals surface area contributed by atoms with Crippen LogP contribution in [0.15, 0.2) is 155 Å². The molecule has 0 N–H and O–H groups in total. The maximum atomic E-state index is 4.13. The lowest BCUT2D eigenvalue weighted by Gasteiger charge is -2.36. The van der Waals surface area contributed by atoms with Crippen LogP contribution in [-0.4, -0.2) is 4.57 Å². The lowest BCUT2D eigenvalue weighted by Crippen LogP contribution is -2.27. The molecule has 2 nitrogen and oxygen atoms in total. The van der Waals surface area contributed by atoms with E-state index in [1.165, 1.54) is 355 Å². The van der Waals surface area contributed by atoms with Gasteiger partial charge in [0, 0.05) is 58.7 Å². The minimum atomic E-state index is -0.192. The van der Waals surface area contributed by atoms with Crippen LogP contribution in [0.4, 0.5) is 17.1 Å². The van der Waals surface area contributed by atoms with Crippen LogP contribution in [0.5, 0.6) is 0 Å². The van der Waals surface area contributed by atoms with Gasteiger partial charge in [-0.05, 0) is 224 Å². The van der Waals surface area contributed by atoms with Gasteiger partial charge in [0.1, 0.15) is 0 Å². The van der Waals surface area contributed by atoms with Gasteiger partial charge in [-0.3, -0.25) is 0 Å². The van der Waals surface area contributed by atoms with Crippen LogP contribution >= 0.6 is 31.9 Å². The Kier molecular flexibility index (Phi) is 30.0. The summed E-state index contributed by atoms with van der Waals surface area (Å²) in [6.07, 6.45) is 53.7. The van der Waals surface area contributed by atoms with Crippen LogP contribution in [-0.2, 0) is 27.1 Å². The summed E-state index contributed by atoms with van der Waals surface area (Å²) in [7, 11) is 0. The zero-order valence-corrected chi connectivity index (χ0v) is 74.9. The van der Waals surface area contributed by atoms with Gasteiger partial charge in [0.25, 0.3) is 0 Å². The minimum Gasteiger partial charge on any atom is -0.310 e. The van der Waals surface area contributed by atoms with E-state index in [9.17, 15) is 0 Å². The summed E-state index contributed by atoms with van der Waals surface area (Å²) in [6.45, 7) is 28.4. The van der Waals surface area contributed by atoms with E-state index in [1.54, 1.807) is 33.4 Å². The molecule has 0 saturated carbocycles. The Morgan fingerprint density at radius 2 is 0.505 bits per heavy atom. The van der Waals surface area contributed by atoms with E-state index in [0.717, 1.165) is 12.8 Å². The van der Waals surface area contributed by atoms with Gasteiger partial charge < -0.3 is 9.47 Å². The number of fused-ring (bicyclic) bond motifs is 12. The van der Waals surface area contributed by atoms with Gasteiger partial charge in [-0.25, -0.2) is 0 Å². The highest BCUT2D eigenvalue weighted by atomic mass is 79.9. The molecule has 3 aliphatic rings. The molecule has 8 aromatic carbocycles. The molecule has 3 aliphatic carbocycles. The molecule has 1 heterocycles. The van der Waals surface area contributed by atoms with E-state index in [4.69, 9.17) is 0 Å². The number of nitrogens with zero attached hydrogens (tertiary/aromatic N) is 2. The maximum Gasteiger partial charge on any atom is 0.0541 e. The minimum absolute atomic E-state index is 0.0227. The lowest BCUT2D eigenvalue weighted by atomic mass is 9.70. The number of hydrogen-bond donors (Lipinski definition) is 0. The predicted octanol–water partition coefficient (Wildman–Crippen LogP) is 35.7. The van der Waals surface area contributed by atoms with Crippen molar-refractivity contribution in [2.24, 2.45) is 0 Å². The first-order chi connectivity index (χ1) is 53.9. The molecule has 12 rings (SSSR count). The molecule has 4 heteroatoms. The van der Waals surface area contributed by atoms with Gasteiger partial charge in [-0.1, -0.05) is 395 Å². The van der Waals surface area contributed by atoms with Crippen LogP contribution in [0.2, 0.25) is 0 Å². The summed E-state index contributed by atoms with van der Waals surface area (Å²) in [4.78, 5) is 2.82. The van der Waals surface area contributed by atoms with Crippen LogP contribution < -0.4 is 4.90 Å². The molecule has 0 spiro atoms. The van der Waals surface area contributed by atoms with Crippen molar-refractivity contribution in [3.63, 3.8) is 0 Å². The van der Waals surface area contributed by atoms with Crippen molar-refractivity contribution < 1.29 is 0 Å². The summed E-state index contributed by atoms with van der Waals surface area (Å²) in [6, 6.07) is 61.4. The SMILES string of the molecule is CCCCCCCCC1(CCCCCCCC)c2cc(Br)ccc2-c2ccc(N(c3ccc4c(c3)C(CCCCCCCC)(CCCCCCCC)c3cc(Br)ccc3-4)c3ccc4c(c3)C(CCCCCCCC)(CCCCCCCC)c3cc(-n5c6ccc(C(C)(C)C)cc6c6cc(C(C)(C)C)ccc65)ccc3-4)cc21. The van der Waals surface area contributed by atoms with Gasteiger partial charge in [0.15, 0.2) is 0 Å². The van der Waals surface area contributed by atoms with Gasteiger partial charge in [0.05, 0.1) is 11.0 Å². The Bertz CT molecular complexity index is 4240. The zero-order chi connectivity index (χ0) is 78.2. The Labute approximate surface area is 693 Å². The number of rotatable bonds is 46. The number of hydrogen-bond acceptors (Lipinski definition) is 1. The molecular weight excluding hydrogens is 1470 g/mol. The Hall–Kier alpha value is -5.68. The predicted molar refractivity (Wildman–Crippen MR) is 495 cm³/mol. The number of benzene rings is 8. The van der Waals surface area contributed by atoms with Gasteiger partial charge in [-0.2, -0.15) is 0 Å². The quantitative estimate of drug-likeness (QED) is 0.0345. The molecule has 0 unspecified atom stereocenters. The smallest absolute Gasteiger partial charge is 0.0541 e. The highest BCUT2D eigenvalue weighted by Crippen LogP contribution is 2.61. The van der Waals surface area contributed by atoms with Crippen molar-refractivity contribution in [1.29, 1.82) is 0 Å². The first-order valence-corrected chi connectivity index (χ1v) is 47.6. The van der Waals surface area contributed by atoms with E-state index >= 15 is 0 Å².